The Morgan fingerprint density at radius 1 is 1.27 bits per heavy atom. The van der Waals surface area contributed by atoms with Crippen molar-refractivity contribution >= 4 is 39.8 Å². The molecule has 2 saturated heterocycles. The molecule has 0 radical (unpaired) electrons. The van der Waals surface area contributed by atoms with Crippen LogP contribution in [0.5, 0.6) is 0 Å². The van der Waals surface area contributed by atoms with Crippen LogP contribution in [0.2, 0.25) is 0 Å². The average molecular weight is 502 g/mol. The van der Waals surface area contributed by atoms with Gasteiger partial charge in [0.2, 0.25) is 0 Å². The summed E-state index contributed by atoms with van der Waals surface area (Å²) in [6.45, 7) is 8.83. The number of halogens is 1. The van der Waals surface area contributed by atoms with Crippen molar-refractivity contribution in [3.63, 3.8) is 0 Å². The monoisotopic (exact) mass is 502 g/mol. The molecule has 2 unspecified atom stereocenters. The average Bonchev–Trinajstić information content (AvgIpc) is 2.96. The zero-order chi connectivity index (χ0) is 18.3. The van der Waals surface area contributed by atoms with Crippen LogP contribution in [0, 0.1) is 5.92 Å². The fraction of sp³-hybridized carbons (Fsp3) is 0.941. The van der Waals surface area contributed by atoms with Crippen molar-refractivity contribution in [1.82, 2.24) is 15.5 Å². The SMILES string of the molecule is CCC(CC)C(CNC(=NC)NC1CCS(=O)(=O)C1)N1CCOCC1.I. The van der Waals surface area contributed by atoms with Crippen molar-refractivity contribution in [3.8, 4) is 0 Å². The lowest BCUT2D eigenvalue weighted by molar-refractivity contribution is 0.00271. The lowest BCUT2D eigenvalue weighted by Gasteiger charge is -2.39. The Morgan fingerprint density at radius 3 is 2.42 bits per heavy atom. The Balaban J connectivity index is 0.00000338. The molecule has 9 heteroatoms. The molecule has 26 heavy (non-hydrogen) atoms. The van der Waals surface area contributed by atoms with E-state index in [1.807, 2.05) is 0 Å². The van der Waals surface area contributed by atoms with Gasteiger partial charge in [-0.15, -0.1) is 24.0 Å². The van der Waals surface area contributed by atoms with Gasteiger partial charge in [0.05, 0.1) is 24.7 Å². The summed E-state index contributed by atoms with van der Waals surface area (Å²) >= 11 is 0. The number of nitrogens with one attached hydrogen (secondary N) is 2. The van der Waals surface area contributed by atoms with Crippen molar-refractivity contribution in [3.05, 3.63) is 0 Å². The molecule has 2 heterocycles. The lowest BCUT2D eigenvalue weighted by atomic mass is 9.92. The zero-order valence-corrected chi connectivity index (χ0v) is 19.4. The molecular formula is C17H35IN4O3S. The van der Waals surface area contributed by atoms with Crippen LogP contribution in [0.1, 0.15) is 33.1 Å². The maximum absolute atomic E-state index is 11.6. The van der Waals surface area contributed by atoms with Gasteiger partial charge in [-0.1, -0.05) is 26.7 Å². The molecule has 2 atom stereocenters. The minimum Gasteiger partial charge on any atom is -0.379 e. The van der Waals surface area contributed by atoms with E-state index in [4.69, 9.17) is 4.74 Å². The molecule has 2 N–H and O–H groups in total. The summed E-state index contributed by atoms with van der Waals surface area (Å²) in [5, 5.41) is 6.70. The van der Waals surface area contributed by atoms with E-state index >= 15 is 0 Å². The van der Waals surface area contributed by atoms with E-state index in [1.165, 1.54) is 0 Å². The van der Waals surface area contributed by atoms with Crippen molar-refractivity contribution in [1.29, 1.82) is 0 Å². The second-order valence-corrected chi connectivity index (χ2v) is 9.22. The second-order valence-electron chi connectivity index (χ2n) is 6.99. The molecule has 0 aliphatic carbocycles. The molecule has 2 aliphatic rings. The van der Waals surface area contributed by atoms with Gasteiger partial charge in [0.25, 0.3) is 0 Å². The van der Waals surface area contributed by atoms with Crippen LogP contribution in [0.4, 0.5) is 0 Å². The quantitative estimate of drug-likeness (QED) is 0.308. The number of morpholine rings is 1. The normalized spacial score (nSPS) is 24.9. The van der Waals surface area contributed by atoms with Crippen LogP contribution in [0.25, 0.3) is 0 Å². The summed E-state index contributed by atoms with van der Waals surface area (Å²) in [6, 6.07) is 0.399. The first kappa shape index (κ1) is 23.9. The molecule has 0 saturated carbocycles. The van der Waals surface area contributed by atoms with E-state index in [1.54, 1.807) is 7.05 Å². The largest absolute Gasteiger partial charge is 0.379 e. The summed E-state index contributed by atoms with van der Waals surface area (Å²) < 4.78 is 28.8. The van der Waals surface area contributed by atoms with Crippen LogP contribution in [-0.4, -0.2) is 82.8 Å². The lowest BCUT2D eigenvalue weighted by Crippen LogP contribution is -2.54. The summed E-state index contributed by atoms with van der Waals surface area (Å²) in [4.78, 5) is 6.80. The van der Waals surface area contributed by atoms with Gasteiger partial charge >= 0.3 is 0 Å². The van der Waals surface area contributed by atoms with Crippen LogP contribution in [-0.2, 0) is 14.6 Å². The van der Waals surface area contributed by atoms with Crippen molar-refractivity contribution in [2.45, 2.75) is 45.2 Å². The highest BCUT2D eigenvalue weighted by Crippen LogP contribution is 2.19. The van der Waals surface area contributed by atoms with Gasteiger partial charge in [0, 0.05) is 38.8 Å². The highest BCUT2D eigenvalue weighted by Gasteiger charge is 2.30. The third-order valence-electron chi connectivity index (χ3n) is 5.38. The Hall–Kier alpha value is -0.130. The predicted molar refractivity (Wildman–Crippen MR) is 117 cm³/mol. The minimum atomic E-state index is -2.89. The van der Waals surface area contributed by atoms with Crippen molar-refractivity contribution in [2.24, 2.45) is 10.9 Å². The Bertz CT molecular complexity index is 534. The molecule has 0 aromatic carbocycles. The van der Waals surface area contributed by atoms with E-state index < -0.39 is 9.84 Å². The number of aliphatic imine (C=N–C) groups is 1. The highest BCUT2D eigenvalue weighted by molar-refractivity contribution is 14.0. The Morgan fingerprint density at radius 2 is 1.92 bits per heavy atom. The minimum absolute atomic E-state index is 0. The van der Waals surface area contributed by atoms with Crippen LogP contribution in [0.15, 0.2) is 4.99 Å². The second kappa shape index (κ2) is 11.7. The van der Waals surface area contributed by atoms with Gasteiger partial charge in [-0.05, 0) is 12.3 Å². The number of guanidine groups is 1. The molecular weight excluding hydrogens is 467 g/mol. The van der Waals surface area contributed by atoms with Crippen molar-refractivity contribution < 1.29 is 13.2 Å². The van der Waals surface area contributed by atoms with E-state index in [0.29, 0.717) is 24.3 Å². The molecule has 0 amide bonds. The number of hydrogen-bond donors (Lipinski definition) is 2. The topological polar surface area (TPSA) is 83.0 Å². The van der Waals surface area contributed by atoms with Crippen LogP contribution in [0.3, 0.4) is 0 Å². The van der Waals surface area contributed by atoms with E-state index in [0.717, 1.165) is 45.7 Å². The van der Waals surface area contributed by atoms with Gasteiger partial charge < -0.3 is 15.4 Å². The third-order valence-corrected chi connectivity index (χ3v) is 7.15. The molecule has 0 aromatic rings. The zero-order valence-electron chi connectivity index (χ0n) is 16.2. The van der Waals surface area contributed by atoms with E-state index in [-0.39, 0.29) is 41.5 Å². The smallest absolute Gasteiger partial charge is 0.191 e. The molecule has 2 fully saturated rings. The van der Waals surface area contributed by atoms with Crippen LogP contribution < -0.4 is 10.6 Å². The molecule has 154 valence electrons. The fourth-order valence-corrected chi connectivity index (χ4v) is 5.51. The third kappa shape index (κ3) is 7.12. The molecule has 0 spiro atoms. The van der Waals surface area contributed by atoms with Gasteiger partial charge in [-0.25, -0.2) is 8.42 Å². The first-order valence-corrected chi connectivity index (χ1v) is 11.3. The van der Waals surface area contributed by atoms with Gasteiger partial charge in [0.1, 0.15) is 0 Å². The van der Waals surface area contributed by atoms with Gasteiger partial charge in [-0.2, -0.15) is 0 Å². The molecule has 0 aromatic heterocycles. The number of sulfone groups is 1. The van der Waals surface area contributed by atoms with Gasteiger partial charge in [-0.3, -0.25) is 9.89 Å². The number of rotatable bonds is 7. The first-order valence-electron chi connectivity index (χ1n) is 9.48. The maximum atomic E-state index is 11.6. The van der Waals surface area contributed by atoms with Gasteiger partial charge in [0.15, 0.2) is 15.8 Å². The standard InChI is InChI=1S/C17H34N4O3S.HI/c1-4-14(5-2)16(21-7-9-24-10-8-21)12-19-17(18-3)20-15-6-11-25(22,23)13-15;/h14-16H,4-13H2,1-3H3,(H2,18,19,20);1H. The molecule has 0 bridgehead atoms. The summed E-state index contributed by atoms with van der Waals surface area (Å²) in [5.41, 5.74) is 0. The van der Waals surface area contributed by atoms with Crippen LogP contribution >= 0.6 is 24.0 Å². The Labute approximate surface area is 175 Å². The molecule has 2 rings (SSSR count). The number of hydrogen-bond acceptors (Lipinski definition) is 5. The molecule has 7 nitrogen and oxygen atoms in total. The maximum Gasteiger partial charge on any atom is 0.191 e. The summed E-state index contributed by atoms with van der Waals surface area (Å²) in [6.07, 6.45) is 2.95. The molecule has 2 aliphatic heterocycles. The number of nitrogens with zero attached hydrogens (tertiary/aromatic N) is 2. The van der Waals surface area contributed by atoms with E-state index in [9.17, 15) is 8.42 Å². The summed E-state index contributed by atoms with van der Waals surface area (Å²) in [7, 11) is -1.15. The van der Waals surface area contributed by atoms with Crippen molar-refractivity contribution in [2.75, 3.05) is 51.4 Å². The first-order chi connectivity index (χ1) is 12.0. The summed E-state index contributed by atoms with van der Waals surface area (Å²) in [5.74, 6) is 1.79. The van der Waals surface area contributed by atoms with E-state index in [2.05, 4.69) is 34.4 Å². The fourth-order valence-electron chi connectivity index (χ4n) is 3.83. The number of ether oxygens (including phenoxy) is 1. The Kier molecular flexibility index (Phi) is 10.7. The predicted octanol–water partition coefficient (Wildman–Crippen LogP) is 1.09. The highest BCUT2D eigenvalue weighted by atomic mass is 127.